The Balaban J connectivity index is 2.18. The minimum Gasteiger partial charge on any atom is -0.322 e. The SMILES string of the molecule is CC(C=O)CSc1cc(C(=O)Nc2cc(F)c(F)c(F)c2)ccc1Cl. The summed E-state index contributed by atoms with van der Waals surface area (Å²) in [7, 11) is 0. The molecule has 0 aliphatic rings. The highest BCUT2D eigenvalue weighted by molar-refractivity contribution is 7.99. The topological polar surface area (TPSA) is 46.2 Å². The van der Waals surface area contributed by atoms with Gasteiger partial charge in [-0.2, -0.15) is 0 Å². The van der Waals surface area contributed by atoms with Crippen molar-refractivity contribution < 1.29 is 22.8 Å². The number of carbonyl (C=O) groups excluding carboxylic acids is 2. The van der Waals surface area contributed by atoms with Crippen LogP contribution >= 0.6 is 23.4 Å². The van der Waals surface area contributed by atoms with Crippen molar-refractivity contribution in [1.82, 2.24) is 0 Å². The van der Waals surface area contributed by atoms with Gasteiger partial charge in [-0.25, -0.2) is 13.2 Å². The molecule has 0 saturated heterocycles. The van der Waals surface area contributed by atoms with Crippen LogP contribution in [0.2, 0.25) is 5.02 Å². The number of nitrogens with one attached hydrogen (secondary N) is 1. The van der Waals surface area contributed by atoms with Crippen molar-refractivity contribution in [3.8, 4) is 0 Å². The lowest BCUT2D eigenvalue weighted by Gasteiger charge is -2.10. The Kier molecular flexibility index (Phi) is 6.50. The molecule has 0 saturated carbocycles. The van der Waals surface area contributed by atoms with Crippen LogP contribution in [0.4, 0.5) is 18.9 Å². The molecule has 1 amide bonds. The zero-order chi connectivity index (χ0) is 18.6. The molecule has 0 fully saturated rings. The molecular weight excluding hydrogens is 375 g/mol. The lowest BCUT2D eigenvalue weighted by molar-refractivity contribution is -0.110. The maximum absolute atomic E-state index is 13.2. The molecule has 2 aromatic rings. The van der Waals surface area contributed by atoms with Crippen molar-refractivity contribution in [2.45, 2.75) is 11.8 Å². The van der Waals surface area contributed by atoms with Crippen LogP contribution in [0.25, 0.3) is 0 Å². The van der Waals surface area contributed by atoms with E-state index in [2.05, 4.69) is 5.32 Å². The molecule has 0 aliphatic carbocycles. The predicted molar refractivity (Wildman–Crippen MR) is 91.7 cm³/mol. The number of hydrogen-bond donors (Lipinski definition) is 1. The van der Waals surface area contributed by atoms with E-state index in [9.17, 15) is 22.8 Å². The Hall–Kier alpha value is -1.99. The first-order valence-electron chi connectivity index (χ1n) is 7.15. The molecule has 0 aliphatic heterocycles. The van der Waals surface area contributed by atoms with Crippen LogP contribution in [0.5, 0.6) is 0 Å². The van der Waals surface area contributed by atoms with Gasteiger partial charge in [-0.1, -0.05) is 18.5 Å². The van der Waals surface area contributed by atoms with Crippen LogP contribution in [0.15, 0.2) is 35.2 Å². The Morgan fingerprint density at radius 1 is 1.24 bits per heavy atom. The van der Waals surface area contributed by atoms with E-state index in [4.69, 9.17) is 11.6 Å². The minimum atomic E-state index is -1.60. The highest BCUT2D eigenvalue weighted by atomic mass is 35.5. The van der Waals surface area contributed by atoms with Gasteiger partial charge in [-0.15, -0.1) is 11.8 Å². The van der Waals surface area contributed by atoms with E-state index in [1.54, 1.807) is 6.92 Å². The molecular formula is C17H13ClF3NO2S. The molecule has 2 aromatic carbocycles. The number of halogens is 4. The summed E-state index contributed by atoms with van der Waals surface area (Å²) in [4.78, 5) is 23.5. The summed E-state index contributed by atoms with van der Waals surface area (Å²) in [5, 5.41) is 2.71. The largest absolute Gasteiger partial charge is 0.322 e. The maximum Gasteiger partial charge on any atom is 0.255 e. The van der Waals surface area contributed by atoms with Gasteiger partial charge in [-0.05, 0) is 18.2 Å². The van der Waals surface area contributed by atoms with Crippen LogP contribution in [0.3, 0.4) is 0 Å². The summed E-state index contributed by atoms with van der Waals surface area (Å²) < 4.78 is 39.4. The van der Waals surface area contributed by atoms with E-state index < -0.39 is 23.4 Å². The van der Waals surface area contributed by atoms with Crippen LogP contribution in [-0.4, -0.2) is 17.9 Å². The number of carbonyl (C=O) groups is 2. The number of thioether (sulfide) groups is 1. The molecule has 0 spiro atoms. The number of amides is 1. The monoisotopic (exact) mass is 387 g/mol. The van der Waals surface area contributed by atoms with Gasteiger partial charge in [0, 0.05) is 39.9 Å². The number of benzene rings is 2. The fourth-order valence-electron chi connectivity index (χ4n) is 1.85. The fraction of sp³-hybridized carbons (Fsp3) is 0.176. The van der Waals surface area contributed by atoms with Gasteiger partial charge in [0.25, 0.3) is 5.91 Å². The van der Waals surface area contributed by atoms with Gasteiger partial charge < -0.3 is 10.1 Å². The Morgan fingerprint density at radius 3 is 2.48 bits per heavy atom. The van der Waals surface area contributed by atoms with Crippen molar-refractivity contribution in [2.24, 2.45) is 5.92 Å². The molecule has 0 radical (unpaired) electrons. The van der Waals surface area contributed by atoms with E-state index in [1.807, 2.05) is 0 Å². The highest BCUT2D eigenvalue weighted by Gasteiger charge is 2.14. The summed E-state index contributed by atoms with van der Waals surface area (Å²) in [5.74, 6) is -4.72. The summed E-state index contributed by atoms with van der Waals surface area (Å²) in [6.07, 6.45) is 0.815. The third-order valence-electron chi connectivity index (χ3n) is 3.17. The highest BCUT2D eigenvalue weighted by Crippen LogP contribution is 2.29. The second-order valence-corrected chi connectivity index (χ2v) is 6.75. The lowest BCUT2D eigenvalue weighted by Crippen LogP contribution is -2.13. The van der Waals surface area contributed by atoms with Gasteiger partial charge in [0.05, 0.1) is 5.02 Å². The Labute approximate surface area is 151 Å². The van der Waals surface area contributed by atoms with Gasteiger partial charge in [-0.3, -0.25) is 4.79 Å². The average molecular weight is 388 g/mol. The number of anilines is 1. The zero-order valence-electron chi connectivity index (χ0n) is 13.0. The summed E-state index contributed by atoms with van der Waals surface area (Å²) in [6, 6.07) is 5.84. The summed E-state index contributed by atoms with van der Waals surface area (Å²) in [6.45, 7) is 1.75. The molecule has 0 heterocycles. The van der Waals surface area contributed by atoms with E-state index in [-0.39, 0.29) is 17.2 Å². The van der Waals surface area contributed by atoms with Crippen molar-refractivity contribution in [1.29, 1.82) is 0 Å². The number of hydrogen-bond acceptors (Lipinski definition) is 3. The maximum atomic E-state index is 13.2. The van der Waals surface area contributed by atoms with Gasteiger partial charge >= 0.3 is 0 Å². The molecule has 0 aromatic heterocycles. The number of aldehydes is 1. The van der Waals surface area contributed by atoms with Gasteiger partial charge in [0.2, 0.25) is 0 Å². The standard InChI is InChI=1S/C17H13ClF3NO2S/c1-9(7-23)8-25-15-4-10(2-3-12(15)18)17(24)22-11-5-13(19)16(21)14(20)6-11/h2-7,9H,8H2,1H3,(H,22,24). The van der Waals surface area contributed by atoms with Crippen molar-refractivity contribution in [2.75, 3.05) is 11.1 Å². The molecule has 1 atom stereocenters. The second-order valence-electron chi connectivity index (χ2n) is 5.28. The van der Waals surface area contributed by atoms with Crippen LogP contribution in [0.1, 0.15) is 17.3 Å². The first-order chi connectivity index (χ1) is 11.8. The van der Waals surface area contributed by atoms with E-state index in [0.29, 0.717) is 27.8 Å². The molecule has 0 bridgehead atoms. The van der Waals surface area contributed by atoms with Gasteiger partial charge in [0.15, 0.2) is 17.5 Å². The molecule has 2 rings (SSSR count). The first-order valence-corrected chi connectivity index (χ1v) is 8.51. The Bertz CT molecular complexity index is 793. The second kappa shape index (κ2) is 8.40. The van der Waals surface area contributed by atoms with Crippen molar-refractivity contribution in [3.63, 3.8) is 0 Å². The first kappa shape index (κ1) is 19.3. The third-order valence-corrected chi connectivity index (χ3v) is 4.95. The molecule has 25 heavy (non-hydrogen) atoms. The molecule has 3 nitrogen and oxygen atoms in total. The third kappa shape index (κ3) is 4.99. The molecule has 8 heteroatoms. The normalized spacial score (nSPS) is 11.9. The Morgan fingerprint density at radius 2 is 1.88 bits per heavy atom. The summed E-state index contributed by atoms with van der Waals surface area (Å²) in [5.41, 5.74) is -0.00377. The average Bonchev–Trinajstić information content (AvgIpc) is 2.58. The fourth-order valence-corrected chi connectivity index (χ4v) is 3.07. The quantitative estimate of drug-likeness (QED) is 0.434. The van der Waals surface area contributed by atoms with Crippen molar-refractivity contribution in [3.05, 3.63) is 58.4 Å². The van der Waals surface area contributed by atoms with Crippen LogP contribution < -0.4 is 5.32 Å². The smallest absolute Gasteiger partial charge is 0.255 e. The molecule has 1 unspecified atom stereocenters. The minimum absolute atomic E-state index is 0.177. The predicted octanol–water partition coefficient (Wildman–Crippen LogP) is 4.94. The van der Waals surface area contributed by atoms with E-state index in [0.717, 1.165) is 6.29 Å². The van der Waals surface area contributed by atoms with Crippen LogP contribution in [-0.2, 0) is 4.79 Å². The van der Waals surface area contributed by atoms with Gasteiger partial charge in [0.1, 0.15) is 6.29 Å². The van der Waals surface area contributed by atoms with Crippen molar-refractivity contribution >= 4 is 41.2 Å². The molecule has 1 N–H and O–H groups in total. The zero-order valence-corrected chi connectivity index (χ0v) is 14.6. The van der Waals surface area contributed by atoms with Crippen LogP contribution in [0, 0.1) is 23.4 Å². The molecule has 132 valence electrons. The van der Waals surface area contributed by atoms with E-state index in [1.165, 1.54) is 30.0 Å². The summed E-state index contributed by atoms with van der Waals surface area (Å²) >= 11 is 7.38. The number of rotatable bonds is 6. The lowest BCUT2D eigenvalue weighted by atomic mass is 10.2. The van der Waals surface area contributed by atoms with E-state index >= 15 is 0 Å².